The number of nitrogens with one attached hydrogen (secondary N) is 1. The Labute approximate surface area is 123 Å². The molecule has 1 aromatic heterocycles. The van der Waals surface area contributed by atoms with Crippen LogP contribution in [0, 0.1) is 0 Å². The summed E-state index contributed by atoms with van der Waals surface area (Å²) < 4.78 is 43.4. The number of alkyl halides is 3. The van der Waals surface area contributed by atoms with Gasteiger partial charge in [-0.25, -0.2) is 4.98 Å². The summed E-state index contributed by atoms with van der Waals surface area (Å²) in [6.45, 7) is 2.30. The third-order valence-electron chi connectivity index (χ3n) is 3.39. The van der Waals surface area contributed by atoms with Crippen molar-refractivity contribution >= 4 is 11.3 Å². The topological polar surface area (TPSA) is 34.1 Å². The summed E-state index contributed by atoms with van der Waals surface area (Å²) in [5.74, 6) is 0.300. The lowest BCUT2D eigenvalue weighted by Crippen LogP contribution is -2.25. The lowest BCUT2D eigenvalue weighted by molar-refractivity contribution is -0.137. The van der Waals surface area contributed by atoms with E-state index in [0.717, 1.165) is 22.7 Å². The predicted octanol–water partition coefficient (Wildman–Crippen LogP) is 3.95. The number of hydrogen-bond donors (Lipinski definition) is 1. The molecule has 3 rings (SSSR count). The van der Waals surface area contributed by atoms with Crippen molar-refractivity contribution in [2.45, 2.75) is 25.2 Å². The predicted molar refractivity (Wildman–Crippen MR) is 73.3 cm³/mol. The Morgan fingerprint density at radius 3 is 2.90 bits per heavy atom. The van der Waals surface area contributed by atoms with Gasteiger partial charge in [-0.15, -0.1) is 11.3 Å². The first-order valence-corrected chi connectivity index (χ1v) is 7.32. The molecule has 2 atom stereocenters. The number of hydrogen-bond acceptors (Lipinski definition) is 4. The van der Waals surface area contributed by atoms with E-state index in [1.54, 1.807) is 6.20 Å². The molecule has 7 heteroatoms. The molecule has 2 unspecified atom stereocenters. The Bertz CT molecular complexity index is 628. The maximum atomic E-state index is 12.7. The third-order valence-corrected chi connectivity index (χ3v) is 4.35. The Morgan fingerprint density at radius 2 is 2.24 bits per heavy atom. The molecule has 1 aromatic carbocycles. The standard InChI is InChI=1S/C14H13F3N2OS/c1-8(13-18-4-5-21-13)19-11-7-20-12-6-9(14(15,16)17)2-3-10(11)12/h2-6,8,11,19H,7H2,1H3. The molecule has 0 bridgehead atoms. The van der Waals surface area contributed by atoms with E-state index in [1.165, 1.54) is 17.4 Å². The van der Waals surface area contributed by atoms with Crippen LogP contribution in [0.1, 0.15) is 35.1 Å². The Morgan fingerprint density at radius 1 is 1.43 bits per heavy atom. The highest BCUT2D eigenvalue weighted by atomic mass is 32.1. The van der Waals surface area contributed by atoms with Gasteiger partial charge in [0.15, 0.2) is 0 Å². The SMILES string of the molecule is CC(NC1COc2cc(C(F)(F)F)ccc21)c1nccs1. The highest BCUT2D eigenvalue weighted by Gasteiger charge is 2.34. The number of nitrogens with zero attached hydrogens (tertiary/aromatic N) is 1. The molecule has 21 heavy (non-hydrogen) atoms. The highest BCUT2D eigenvalue weighted by molar-refractivity contribution is 7.09. The van der Waals surface area contributed by atoms with E-state index >= 15 is 0 Å². The molecule has 1 aliphatic rings. The molecule has 0 saturated heterocycles. The summed E-state index contributed by atoms with van der Waals surface area (Å²) in [6.07, 6.45) is -2.62. The van der Waals surface area contributed by atoms with Crippen molar-refractivity contribution in [2.24, 2.45) is 0 Å². The molecule has 112 valence electrons. The fourth-order valence-electron chi connectivity index (χ4n) is 2.35. The van der Waals surface area contributed by atoms with Crippen molar-refractivity contribution in [1.29, 1.82) is 0 Å². The van der Waals surface area contributed by atoms with Gasteiger partial charge in [0, 0.05) is 17.1 Å². The maximum absolute atomic E-state index is 12.7. The summed E-state index contributed by atoms with van der Waals surface area (Å²) in [6, 6.07) is 3.53. The molecule has 0 amide bonds. The molecule has 1 aliphatic heterocycles. The van der Waals surface area contributed by atoms with E-state index in [0.29, 0.717) is 12.4 Å². The molecule has 1 N–H and O–H groups in total. The number of halogens is 3. The zero-order chi connectivity index (χ0) is 15.0. The van der Waals surface area contributed by atoms with Crippen LogP contribution in [-0.2, 0) is 6.18 Å². The van der Waals surface area contributed by atoms with Crippen LogP contribution >= 0.6 is 11.3 Å². The lowest BCUT2D eigenvalue weighted by Gasteiger charge is -2.17. The third kappa shape index (κ3) is 2.89. The Hall–Kier alpha value is -1.60. The average Bonchev–Trinajstić information content (AvgIpc) is 3.07. The van der Waals surface area contributed by atoms with E-state index in [9.17, 15) is 13.2 Å². The summed E-state index contributed by atoms with van der Waals surface area (Å²) >= 11 is 1.54. The van der Waals surface area contributed by atoms with E-state index < -0.39 is 11.7 Å². The van der Waals surface area contributed by atoms with Gasteiger partial charge >= 0.3 is 6.18 Å². The zero-order valence-corrected chi connectivity index (χ0v) is 12.0. The van der Waals surface area contributed by atoms with Crippen LogP contribution < -0.4 is 10.1 Å². The lowest BCUT2D eigenvalue weighted by atomic mass is 10.1. The van der Waals surface area contributed by atoms with Crippen LogP contribution in [0.2, 0.25) is 0 Å². The van der Waals surface area contributed by atoms with Crippen molar-refractivity contribution < 1.29 is 17.9 Å². The van der Waals surface area contributed by atoms with Crippen LogP contribution in [0.4, 0.5) is 13.2 Å². The monoisotopic (exact) mass is 314 g/mol. The average molecular weight is 314 g/mol. The second-order valence-electron chi connectivity index (χ2n) is 4.87. The number of fused-ring (bicyclic) bond motifs is 1. The number of rotatable bonds is 3. The van der Waals surface area contributed by atoms with Crippen LogP contribution in [0.5, 0.6) is 5.75 Å². The van der Waals surface area contributed by atoms with Crippen LogP contribution in [0.3, 0.4) is 0 Å². The van der Waals surface area contributed by atoms with Crippen molar-refractivity contribution in [3.8, 4) is 5.75 Å². The van der Waals surface area contributed by atoms with Crippen LogP contribution in [-0.4, -0.2) is 11.6 Å². The molecule has 0 spiro atoms. The first kappa shape index (κ1) is 14.3. The quantitative estimate of drug-likeness (QED) is 0.931. The first-order chi connectivity index (χ1) is 9.95. The van der Waals surface area contributed by atoms with E-state index in [2.05, 4.69) is 10.3 Å². The second kappa shape index (κ2) is 5.31. The van der Waals surface area contributed by atoms with Gasteiger partial charge in [0.2, 0.25) is 0 Å². The molecule has 0 radical (unpaired) electrons. The minimum absolute atomic E-state index is 0.0202. The van der Waals surface area contributed by atoms with E-state index in [-0.39, 0.29) is 12.1 Å². The highest BCUT2D eigenvalue weighted by Crippen LogP contribution is 2.39. The Kier molecular flexibility index (Phi) is 3.62. The number of ether oxygens (including phenoxy) is 1. The van der Waals surface area contributed by atoms with Gasteiger partial charge < -0.3 is 4.74 Å². The minimum Gasteiger partial charge on any atom is -0.491 e. The number of aromatic nitrogens is 1. The molecule has 0 fully saturated rings. The van der Waals surface area contributed by atoms with E-state index in [4.69, 9.17) is 4.74 Å². The van der Waals surface area contributed by atoms with Crippen LogP contribution in [0.15, 0.2) is 29.8 Å². The molecule has 2 heterocycles. The maximum Gasteiger partial charge on any atom is 0.416 e. The van der Waals surface area contributed by atoms with Crippen molar-refractivity contribution in [3.63, 3.8) is 0 Å². The summed E-state index contributed by atoms with van der Waals surface area (Å²) in [5.41, 5.74) is 0.0706. The van der Waals surface area contributed by atoms with Gasteiger partial charge in [0.05, 0.1) is 17.6 Å². The Balaban J connectivity index is 1.78. The summed E-state index contributed by atoms with van der Waals surface area (Å²) in [5, 5.41) is 6.17. The molecule has 3 nitrogen and oxygen atoms in total. The smallest absolute Gasteiger partial charge is 0.416 e. The minimum atomic E-state index is -4.35. The number of thiazole rings is 1. The van der Waals surface area contributed by atoms with Crippen molar-refractivity contribution in [2.75, 3.05) is 6.61 Å². The molecule has 0 saturated carbocycles. The number of benzene rings is 1. The van der Waals surface area contributed by atoms with E-state index in [1.807, 2.05) is 12.3 Å². The van der Waals surface area contributed by atoms with Crippen molar-refractivity contribution in [3.05, 3.63) is 45.9 Å². The first-order valence-electron chi connectivity index (χ1n) is 6.44. The molecule has 0 aliphatic carbocycles. The van der Waals surface area contributed by atoms with Gasteiger partial charge in [0.1, 0.15) is 17.4 Å². The molecular formula is C14H13F3N2OS. The van der Waals surface area contributed by atoms with Gasteiger partial charge in [-0.2, -0.15) is 13.2 Å². The van der Waals surface area contributed by atoms with Gasteiger partial charge in [-0.3, -0.25) is 5.32 Å². The second-order valence-corrected chi connectivity index (χ2v) is 5.80. The largest absolute Gasteiger partial charge is 0.491 e. The fraction of sp³-hybridized carbons (Fsp3) is 0.357. The zero-order valence-electron chi connectivity index (χ0n) is 11.1. The van der Waals surface area contributed by atoms with Gasteiger partial charge in [0.25, 0.3) is 0 Å². The normalized spacial score (nSPS) is 19.1. The van der Waals surface area contributed by atoms with Gasteiger partial charge in [-0.1, -0.05) is 6.07 Å². The van der Waals surface area contributed by atoms with Crippen LogP contribution in [0.25, 0.3) is 0 Å². The van der Waals surface area contributed by atoms with Gasteiger partial charge in [-0.05, 0) is 19.1 Å². The summed E-state index contributed by atoms with van der Waals surface area (Å²) in [4.78, 5) is 4.23. The fourth-order valence-corrected chi connectivity index (χ4v) is 3.00. The molecular weight excluding hydrogens is 301 g/mol. The molecule has 2 aromatic rings. The van der Waals surface area contributed by atoms with Crippen molar-refractivity contribution in [1.82, 2.24) is 10.3 Å². The summed E-state index contributed by atoms with van der Waals surface area (Å²) in [7, 11) is 0.